The van der Waals surface area contributed by atoms with Crippen LogP contribution in [0, 0.1) is 0 Å². The first-order valence-electron chi connectivity index (χ1n) is 11.4. The van der Waals surface area contributed by atoms with Gasteiger partial charge < -0.3 is 15.5 Å². The van der Waals surface area contributed by atoms with Crippen molar-refractivity contribution in [2.45, 2.75) is 50.6 Å². The van der Waals surface area contributed by atoms with Crippen LogP contribution in [-0.2, 0) is 16.1 Å². The van der Waals surface area contributed by atoms with Crippen LogP contribution in [0.3, 0.4) is 0 Å². The monoisotopic (exact) mass is 427 g/mol. The molecule has 1 aliphatic carbocycles. The smallest absolute Gasteiger partial charge is 0.325 e. The lowest BCUT2D eigenvalue weighted by atomic mass is 9.98. The average molecular weight is 428 g/mol. The van der Waals surface area contributed by atoms with Gasteiger partial charge >= 0.3 is 6.03 Å². The molecule has 168 valence electrons. The van der Waals surface area contributed by atoms with E-state index in [2.05, 4.69) is 33.5 Å². The molecule has 1 aromatic rings. The highest BCUT2D eigenvalue weighted by atomic mass is 16.2. The zero-order chi connectivity index (χ0) is 21.8. The van der Waals surface area contributed by atoms with Crippen LogP contribution in [-0.4, -0.2) is 77.9 Å². The molecule has 0 bridgehead atoms. The molecule has 8 heteroatoms. The second-order valence-electron chi connectivity index (χ2n) is 9.11. The van der Waals surface area contributed by atoms with Gasteiger partial charge in [-0.05, 0) is 44.0 Å². The highest BCUT2D eigenvalue weighted by Gasteiger charge is 2.52. The van der Waals surface area contributed by atoms with Gasteiger partial charge in [0.15, 0.2) is 0 Å². The number of nitrogens with one attached hydrogen (secondary N) is 2. The van der Waals surface area contributed by atoms with Crippen molar-refractivity contribution in [3.63, 3.8) is 0 Å². The summed E-state index contributed by atoms with van der Waals surface area (Å²) in [6, 6.07) is 7.66. The lowest BCUT2D eigenvalue weighted by Gasteiger charge is -2.32. The van der Waals surface area contributed by atoms with Crippen LogP contribution in [0.5, 0.6) is 0 Å². The van der Waals surface area contributed by atoms with Crippen LogP contribution in [0.4, 0.5) is 10.5 Å². The van der Waals surface area contributed by atoms with E-state index < -0.39 is 5.54 Å². The number of nitrogens with zero attached hydrogens (tertiary/aromatic N) is 3. The minimum atomic E-state index is -0.677. The maximum atomic E-state index is 12.7. The number of imide groups is 1. The Labute approximate surface area is 183 Å². The highest BCUT2D eigenvalue weighted by Crippen LogP contribution is 2.35. The molecule has 0 unspecified atom stereocenters. The first-order valence-corrected chi connectivity index (χ1v) is 11.4. The summed E-state index contributed by atoms with van der Waals surface area (Å²) in [5, 5.41) is 5.83. The Hall–Kier alpha value is -2.45. The second kappa shape index (κ2) is 9.36. The fourth-order valence-corrected chi connectivity index (χ4v) is 4.83. The number of likely N-dealkylation sites (N-methyl/N-ethyl adjacent to an activating group) is 1. The molecule has 2 heterocycles. The summed E-state index contributed by atoms with van der Waals surface area (Å²) in [4.78, 5) is 43.3. The van der Waals surface area contributed by atoms with Gasteiger partial charge in [-0.15, -0.1) is 0 Å². The largest absolute Gasteiger partial charge is 0.326 e. The minimum Gasteiger partial charge on any atom is -0.326 e. The Morgan fingerprint density at radius 2 is 1.87 bits per heavy atom. The average Bonchev–Trinajstić information content (AvgIpc) is 3.30. The van der Waals surface area contributed by atoms with Crippen LogP contribution in [0.25, 0.3) is 0 Å². The Morgan fingerprint density at radius 1 is 1.13 bits per heavy atom. The molecule has 1 spiro atoms. The summed E-state index contributed by atoms with van der Waals surface area (Å²) in [7, 11) is 2.15. The molecule has 3 aliphatic rings. The summed E-state index contributed by atoms with van der Waals surface area (Å²) in [5.74, 6) is -0.216. The number of urea groups is 1. The Morgan fingerprint density at radius 3 is 2.61 bits per heavy atom. The Balaban J connectivity index is 1.23. The molecule has 31 heavy (non-hydrogen) atoms. The molecule has 2 aliphatic heterocycles. The molecule has 0 aromatic heterocycles. The summed E-state index contributed by atoms with van der Waals surface area (Å²) >= 11 is 0. The summed E-state index contributed by atoms with van der Waals surface area (Å²) in [6.07, 6.45) is 4.11. The lowest BCUT2D eigenvalue weighted by molar-refractivity contribution is -0.131. The summed E-state index contributed by atoms with van der Waals surface area (Å²) in [6.45, 7) is 5.42. The quantitative estimate of drug-likeness (QED) is 0.651. The Bertz CT molecular complexity index is 828. The molecule has 4 rings (SSSR count). The van der Waals surface area contributed by atoms with E-state index in [-0.39, 0.29) is 30.8 Å². The van der Waals surface area contributed by atoms with Crippen LogP contribution in [0.2, 0.25) is 0 Å². The maximum Gasteiger partial charge on any atom is 0.325 e. The fraction of sp³-hybridized carbons (Fsp3) is 0.609. The summed E-state index contributed by atoms with van der Waals surface area (Å²) in [5.41, 5.74) is 1.30. The number of hydrogen-bond donors (Lipinski definition) is 2. The first kappa shape index (κ1) is 21.8. The van der Waals surface area contributed by atoms with Crippen molar-refractivity contribution in [1.82, 2.24) is 20.0 Å². The maximum absolute atomic E-state index is 12.7. The van der Waals surface area contributed by atoms with Gasteiger partial charge in [-0.25, -0.2) is 4.79 Å². The topological polar surface area (TPSA) is 85.0 Å². The van der Waals surface area contributed by atoms with Crippen molar-refractivity contribution < 1.29 is 14.4 Å². The van der Waals surface area contributed by atoms with E-state index in [0.717, 1.165) is 64.1 Å². The molecule has 4 amide bonds. The predicted octanol–water partition coefficient (Wildman–Crippen LogP) is 2.02. The zero-order valence-corrected chi connectivity index (χ0v) is 18.4. The molecule has 3 fully saturated rings. The van der Waals surface area contributed by atoms with Gasteiger partial charge in [0.1, 0.15) is 5.54 Å². The molecular formula is C23H33N5O3. The SMILES string of the molecule is CN1CCN(Cc2cccc(NC(=O)CCCN3C(=O)NC4(CCCC4)C3=O)c2)CC1. The molecule has 1 saturated carbocycles. The third kappa shape index (κ3) is 5.07. The number of rotatable bonds is 7. The Kier molecular flexibility index (Phi) is 6.57. The van der Waals surface area contributed by atoms with E-state index in [1.54, 1.807) is 0 Å². The molecule has 2 N–H and O–H groups in total. The zero-order valence-electron chi connectivity index (χ0n) is 18.4. The van der Waals surface area contributed by atoms with Crippen LogP contribution in [0.15, 0.2) is 24.3 Å². The minimum absolute atomic E-state index is 0.0978. The van der Waals surface area contributed by atoms with E-state index in [1.165, 1.54) is 10.5 Å². The number of piperazine rings is 1. The fourth-order valence-electron chi connectivity index (χ4n) is 4.83. The van der Waals surface area contributed by atoms with E-state index in [9.17, 15) is 14.4 Å². The van der Waals surface area contributed by atoms with Crippen LogP contribution < -0.4 is 10.6 Å². The third-order valence-electron chi connectivity index (χ3n) is 6.70. The van der Waals surface area contributed by atoms with E-state index in [4.69, 9.17) is 0 Å². The molecule has 0 radical (unpaired) electrons. The molecule has 8 nitrogen and oxygen atoms in total. The van der Waals surface area contributed by atoms with E-state index in [1.807, 2.05) is 18.2 Å². The highest BCUT2D eigenvalue weighted by molar-refractivity contribution is 6.07. The predicted molar refractivity (Wildman–Crippen MR) is 119 cm³/mol. The normalized spacial score (nSPS) is 21.6. The van der Waals surface area contributed by atoms with Gasteiger partial charge in [0.25, 0.3) is 5.91 Å². The molecule has 1 aromatic carbocycles. The van der Waals surface area contributed by atoms with Crippen molar-refractivity contribution >= 4 is 23.5 Å². The molecule has 2 saturated heterocycles. The number of carbonyl (C=O) groups excluding carboxylic acids is 3. The van der Waals surface area contributed by atoms with Gasteiger partial charge in [-0.2, -0.15) is 0 Å². The summed E-state index contributed by atoms with van der Waals surface area (Å²) < 4.78 is 0. The number of anilines is 1. The second-order valence-corrected chi connectivity index (χ2v) is 9.11. The van der Waals surface area contributed by atoms with Crippen LogP contribution >= 0.6 is 0 Å². The number of hydrogen-bond acceptors (Lipinski definition) is 5. The van der Waals surface area contributed by atoms with E-state index in [0.29, 0.717) is 6.42 Å². The van der Waals surface area contributed by atoms with Crippen molar-refractivity contribution in [1.29, 1.82) is 0 Å². The lowest BCUT2D eigenvalue weighted by Crippen LogP contribution is -2.44. The first-order chi connectivity index (χ1) is 14.9. The molecular weight excluding hydrogens is 394 g/mol. The standard InChI is InChI=1S/C23H33N5O3/c1-26-12-14-27(15-13-26)17-18-6-4-7-19(16-18)24-20(29)8-5-11-28-21(30)23(25-22(28)31)9-2-3-10-23/h4,6-7,16H,2-3,5,8-15,17H2,1H3,(H,24,29)(H,25,31). The number of benzene rings is 1. The number of amides is 4. The van der Waals surface area contributed by atoms with Crippen molar-refractivity contribution in [2.75, 3.05) is 45.1 Å². The van der Waals surface area contributed by atoms with Gasteiger partial charge in [0, 0.05) is 51.4 Å². The van der Waals surface area contributed by atoms with Crippen molar-refractivity contribution in [2.24, 2.45) is 0 Å². The molecule has 0 atom stereocenters. The van der Waals surface area contributed by atoms with E-state index >= 15 is 0 Å². The third-order valence-corrected chi connectivity index (χ3v) is 6.70. The van der Waals surface area contributed by atoms with Gasteiger partial charge in [0.2, 0.25) is 5.91 Å². The van der Waals surface area contributed by atoms with Gasteiger partial charge in [-0.3, -0.25) is 19.4 Å². The van der Waals surface area contributed by atoms with Crippen LogP contribution in [0.1, 0.15) is 44.1 Å². The van der Waals surface area contributed by atoms with Gasteiger partial charge in [0.05, 0.1) is 0 Å². The van der Waals surface area contributed by atoms with Gasteiger partial charge in [-0.1, -0.05) is 25.0 Å². The number of carbonyl (C=O) groups is 3. The van der Waals surface area contributed by atoms with Crippen molar-refractivity contribution in [3.05, 3.63) is 29.8 Å². The van der Waals surface area contributed by atoms with Crippen molar-refractivity contribution in [3.8, 4) is 0 Å².